The summed E-state index contributed by atoms with van der Waals surface area (Å²) in [6.07, 6.45) is -3.26. The van der Waals surface area contributed by atoms with Crippen LogP contribution in [0.3, 0.4) is 0 Å². The number of carboxylic acids is 1. The maximum absolute atomic E-state index is 12.6. The molecular formula is C19H21F3N2O3. The largest absolute Gasteiger partial charge is 0.545 e. The van der Waals surface area contributed by atoms with Crippen LogP contribution in [0.4, 0.5) is 13.2 Å². The Morgan fingerprint density at radius 3 is 2.44 bits per heavy atom. The maximum Gasteiger partial charge on any atom is 0.416 e. The predicted molar refractivity (Wildman–Crippen MR) is 92.6 cm³/mol. The number of rotatable bonds is 5. The van der Waals surface area contributed by atoms with Gasteiger partial charge in [0.05, 0.1) is 23.8 Å². The van der Waals surface area contributed by atoms with Gasteiger partial charge in [0.2, 0.25) is 0 Å². The van der Waals surface area contributed by atoms with Crippen LogP contribution in [0.5, 0.6) is 0 Å². The lowest BCUT2D eigenvalue weighted by molar-refractivity contribution is -0.407. The lowest BCUT2D eigenvalue weighted by atomic mass is 10.1. The van der Waals surface area contributed by atoms with Crippen molar-refractivity contribution in [3.05, 3.63) is 70.8 Å². The minimum atomic E-state index is -4.42. The van der Waals surface area contributed by atoms with Gasteiger partial charge in [-0.1, -0.05) is 41.6 Å². The lowest BCUT2D eigenvalue weighted by Gasteiger charge is -2.08. The highest BCUT2D eigenvalue weighted by atomic mass is 19.4. The molecule has 0 aliphatic rings. The summed E-state index contributed by atoms with van der Waals surface area (Å²) in [4.78, 5) is 15.8. The van der Waals surface area contributed by atoms with Crippen LogP contribution in [0.1, 0.15) is 40.9 Å². The lowest BCUT2D eigenvalue weighted by Crippen LogP contribution is -2.57. The van der Waals surface area contributed by atoms with Gasteiger partial charge >= 0.3 is 6.18 Å². The van der Waals surface area contributed by atoms with E-state index in [0.29, 0.717) is 11.6 Å². The molecule has 3 N–H and O–H groups in total. The second kappa shape index (κ2) is 10.3. The van der Waals surface area contributed by atoms with Gasteiger partial charge in [0.1, 0.15) is 6.61 Å². The third-order valence-electron chi connectivity index (χ3n) is 2.93. The van der Waals surface area contributed by atoms with Crippen molar-refractivity contribution in [1.82, 2.24) is 0 Å². The zero-order valence-corrected chi connectivity index (χ0v) is 15.0. The first-order valence-electron chi connectivity index (χ1n) is 8.06. The summed E-state index contributed by atoms with van der Waals surface area (Å²) in [6.45, 7) is 3.94. The van der Waals surface area contributed by atoms with Crippen molar-refractivity contribution in [2.24, 2.45) is 5.16 Å². The van der Waals surface area contributed by atoms with Crippen LogP contribution >= 0.6 is 0 Å². The van der Waals surface area contributed by atoms with E-state index in [1.165, 1.54) is 36.5 Å². The molecule has 8 heteroatoms. The van der Waals surface area contributed by atoms with Crippen molar-refractivity contribution in [2.75, 3.05) is 0 Å². The highest BCUT2D eigenvalue weighted by molar-refractivity contribution is 5.97. The van der Waals surface area contributed by atoms with Crippen LogP contribution < -0.4 is 10.8 Å². The fraction of sp³-hybridized carbons (Fsp3) is 0.263. The van der Waals surface area contributed by atoms with Crippen LogP contribution in [-0.2, 0) is 17.6 Å². The van der Waals surface area contributed by atoms with Crippen molar-refractivity contribution in [3.8, 4) is 0 Å². The van der Waals surface area contributed by atoms with Crippen LogP contribution in [0.2, 0.25) is 0 Å². The molecule has 0 radical (unpaired) electrons. The van der Waals surface area contributed by atoms with E-state index >= 15 is 0 Å². The standard InChI is InChI=1S/C16H12F3NO3.C3H9N/c17-16(18,19)13-6-3-4-11(8-13)10-23-20-9-12-5-1-2-7-14(12)15(21)22;1-3(2)4/h1-9H,10H2,(H,21,22);3H,4H2,1-2H3/b20-9+;. The fourth-order valence-corrected chi connectivity index (χ4v) is 1.84. The van der Waals surface area contributed by atoms with Crippen LogP contribution in [-0.4, -0.2) is 18.2 Å². The second-order valence-electron chi connectivity index (χ2n) is 5.97. The average molecular weight is 382 g/mol. The molecule has 0 atom stereocenters. The number of carbonyl (C=O) groups is 1. The van der Waals surface area contributed by atoms with Crippen molar-refractivity contribution in [1.29, 1.82) is 0 Å². The number of aromatic carboxylic acids is 1. The van der Waals surface area contributed by atoms with Gasteiger partial charge in [-0.2, -0.15) is 13.2 Å². The van der Waals surface area contributed by atoms with E-state index in [-0.39, 0.29) is 17.7 Å². The maximum atomic E-state index is 12.6. The summed E-state index contributed by atoms with van der Waals surface area (Å²) >= 11 is 0. The zero-order valence-electron chi connectivity index (χ0n) is 15.0. The Bertz CT molecular complexity index is 772. The monoisotopic (exact) mass is 382 g/mol. The Hall–Kier alpha value is -2.87. The molecule has 0 aliphatic carbocycles. The van der Waals surface area contributed by atoms with Crippen LogP contribution in [0.15, 0.2) is 53.7 Å². The van der Waals surface area contributed by atoms with Crippen molar-refractivity contribution < 1.29 is 33.6 Å². The molecule has 0 aromatic heterocycles. The number of carboxylic acid groups (broad SMARTS) is 1. The predicted octanol–water partition coefficient (Wildman–Crippen LogP) is 2.26. The summed E-state index contributed by atoms with van der Waals surface area (Å²) in [5.41, 5.74) is 3.38. The van der Waals surface area contributed by atoms with Gasteiger partial charge in [-0.05, 0) is 31.5 Å². The zero-order chi connectivity index (χ0) is 20.4. The molecule has 0 bridgehead atoms. The Kier molecular flexibility index (Phi) is 8.47. The van der Waals surface area contributed by atoms with E-state index in [1.54, 1.807) is 6.07 Å². The molecule has 5 nitrogen and oxygen atoms in total. The summed E-state index contributed by atoms with van der Waals surface area (Å²) < 4.78 is 37.7. The summed E-state index contributed by atoms with van der Waals surface area (Å²) in [5.74, 6) is -1.36. The molecule has 146 valence electrons. The van der Waals surface area contributed by atoms with E-state index in [4.69, 9.17) is 4.84 Å². The third-order valence-corrected chi connectivity index (χ3v) is 2.93. The number of carbonyl (C=O) groups excluding carboxylic acids is 1. The molecule has 2 aromatic rings. The van der Waals surface area contributed by atoms with E-state index in [0.717, 1.165) is 12.1 Å². The third kappa shape index (κ3) is 8.37. The molecule has 0 heterocycles. The number of alkyl halides is 3. The minimum absolute atomic E-state index is 0.0566. The fourth-order valence-electron chi connectivity index (χ4n) is 1.84. The molecule has 0 unspecified atom stereocenters. The quantitative estimate of drug-likeness (QED) is 0.635. The SMILES string of the molecule is CC(C)[NH3+].O=C([O-])c1ccccc1/C=N/OCc1cccc(C(F)(F)F)c1. The molecule has 27 heavy (non-hydrogen) atoms. The van der Waals surface area contributed by atoms with E-state index in [9.17, 15) is 23.1 Å². The van der Waals surface area contributed by atoms with E-state index in [2.05, 4.69) is 24.7 Å². The number of quaternary nitrogens is 1. The smallest absolute Gasteiger partial charge is 0.416 e. The molecule has 0 spiro atoms. The van der Waals surface area contributed by atoms with Gasteiger partial charge in [0, 0.05) is 11.1 Å². The Labute approximate surface area is 155 Å². The number of benzene rings is 2. The Morgan fingerprint density at radius 2 is 1.85 bits per heavy atom. The summed E-state index contributed by atoms with van der Waals surface area (Å²) in [5, 5.41) is 14.5. The van der Waals surface area contributed by atoms with Gasteiger partial charge in [-0.15, -0.1) is 0 Å². The van der Waals surface area contributed by atoms with Gasteiger partial charge in [-0.25, -0.2) is 0 Å². The first-order chi connectivity index (χ1) is 12.6. The average Bonchev–Trinajstić information content (AvgIpc) is 2.58. The molecule has 2 aromatic carbocycles. The molecule has 0 fully saturated rings. The second-order valence-corrected chi connectivity index (χ2v) is 5.97. The normalized spacial score (nSPS) is 11.2. The van der Waals surface area contributed by atoms with E-state index in [1.807, 2.05) is 0 Å². The van der Waals surface area contributed by atoms with Gasteiger partial charge in [0.25, 0.3) is 0 Å². The molecule has 0 saturated carbocycles. The Morgan fingerprint density at radius 1 is 1.22 bits per heavy atom. The van der Waals surface area contributed by atoms with Gasteiger partial charge in [-0.3, -0.25) is 0 Å². The van der Waals surface area contributed by atoms with Gasteiger partial charge < -0.3 is 20.5 Å². The van der Waals surface area contributed by atoms with Crippen molar-refractivity contribution >= 4 is 12.2 Å². The molecule has 2 rings (SSSR count). The molecular weight excluding hydrogens is 361 g/mol. The number of hydrogen-bond donors (Lipinski definition) is 1. The summed E-state index contributed by atoms with van der Waals surface area (Å²) in [7, 11) is 0. The number of halogens is 3. The molecule has 0 amide bonds. The highest BCUT2D eigenvalue weighted by Crippen LogP contribution is 2.29. The topological polar surface area (TPSA) is 89.4 Å². The first-order valence-corrected chi connectivity index (χ1v) is 8.06. The number of hydrogen-bond acceptors (Lipinski definition) is 4. The minimum Gasteiger partial charge on any atom is -0.545 e. The number of nitrogens with zero attached hydrogens (tertiary/aromatic N) is 1. The van der Waals surface area contributed by atoms with Crippen LogP contribution in [0.25, 0.3) is 0 Å². The van der Waals surface area contributed by atoms with Crippen molar-refractivity contribution in [2.45, 2.75) is 32.7 Å². The van der Waals surface area contributed by atoms with Crippen molar-refractivity contribution in [3.63, 3.8) is 0 Å². The van der Waals surface area contributed by atoms with Gasteiger partial charge in [0.15, 0.2) is 0 Å². The highest BCUT2D eigenvalue weighted by Gasteiger charge is 2.30. The molecule has 0 saturated heterocycles. The Balaban J connectivity index is 0.000000828. The first kappa shape index (κ1) is 22.2. The molecule has 0 aliphatic heterocycles. The summed E-state index contributed by atoms with van der Waals surface area (Å²) in [6, 6.07) is 11.3. The number of oxime groups is 1. The van der Waals surface area contributed by atoms with Crippen LogP contribution in [0, 0.1) is 0 Å². The van der Waals surface area contributed by atoms with E-state index < -0.39 is 17.7 Å².